The molecule has 0 atom stereocenters. The number of aryl methyl sites for hydroxylation is 2. The minimum atomic E-state index is 0.207. The molecule has 0 aliphatic rings. The molecule has 2 rings (SSSR count). The molecule has 0 unspecified atom stereocenters. The average Bonchev–Trinajstić information content (AvgIpc) is 2.52. The molecular weight excluding hydrogens is 272 g/mol. The van der Waals surface area contributed by atoms with Crippen LogP contribution in [0.25, 0.3) is 0 Å². The Morgan fingerprint density at radius 2 is 1.23 bits per heavy atom. The van der Waals surface area contributed by atoms with Crippen LogP contribution in [0.4, 0.5) is 0 Å². The van der Waals surface area contributed by atoms with E-state index in [4.69, 9.17) is 9.47 Å². The first-order chi connectivity index (χ1) is 10.4. The third-order valence-corrected chi connectivity index (χ3v) is 3.93. The number of hydrogen-bond acceptors (Lipinski definition) is 2. The molecule has 0 fully saturated rings. The lowest BCUT2D eigenvalue weighted by atomic mass is 9.86. The van der Waals surface area contributed by atoms with Crippen LogP contribution in [0.15, 0.2) is 42.5 Å². The molecule has 118 valence electrons. The molecule has 0 saturated heterocycles. The van der Waals surface area contributed by atoms with Gasteiger partial charge in [0, 0.05) is 6.07 Å². The van der Waals surface area contributed by atoms with Crippen molar-refractivity contribution in [1.29, 1.82) is 0 Å². The van der Waals surface area contributed by atoms with E-state index in [1.54, 1.807) is 14.2 Å². The first-order valence-corrected chi connectivity index (χ1v) is 7.74. The fourth-order valence-corrected chi connectivity index (χ4v) is 2.47. The fourth-order valence-electron chi connectivity index (χ4n) is 2.47. The highest BCUT2D eigenvalue weighted by Gasteiger charge is 2.12. The van der Waals surface area contributed by atoms with Crippen LogP contribution < -0.4 is 9.47 Å². The van der Waals surface area contributed by atoms with Crippen LogP contribution in [0, 0.1) is 0 Å². The van der Waals surface area contributed by atoms with Gasteiger partial charge in [0.2, 0.25) is 0 Å². The molecule has 2 nitrogen and oxygen atoms in total. The van der Waals surface area contributed by atoms with Crippen molar-refractivity contribution in [2.45, 2.75) is 39.0 Å². The van der Waals surface area contributed by atoms with E-state index >= 15 is 0 Å². The van der Waals surface area contributed by atoms with Crippen molar-refractivity contribution >= 4 is 0 Å². The number of methoxy groups -OCH3 is 2. The second-order valence-corrected chi connectivity index (χ2v) is 6.67. The van der Waals surface area contributed by atoms with Gasteiger partial charge in [0.05, 0.1) is 14.2 Å². The van der Waals surface area contributed by atoms with Crippen LogP contribution in [0.2, 0.25) is 0 Å². The minimum Gasteiger partial charge on any atom is -0.497 e. The zero-order chi connectivity index (χ0) is 16.2. The van der Waals surface area contributed by atoms with Crippen molar-refractivity contribution in [3.63, 3.8) is 0 Å². The highest BCUT2D eigenvalue weighted by atomic mass is 16.5. The summed E-state index contributed by atoms with van der Waals surface area (Å²) in [5, 5.41) is 0. The van der Waals surface area contributed by atoms with E-state index in [1.165, 1.54) is 16.7 Å². The molecule has 0 bridgehead atoms. The van der Waals surface area contributed by atoms with Gasteiger partial charge in [-0.3, -0.25) is 0 Å². The van der Waals surface area contributed by atoms with Gasteiger partial charge in [-0.2, -0.15) is 0 Å². The molecule has 0 amide bonds. The van der Waals surface area contributed by atoms with Crippen LogP contribution in [-0.2, 0) is 18.3 Å². The lowest BCUT2D eigenvalue weighted by Crippen LogP contribution is -2.10. The summed E-state index contributed by atoms with van der Waals surface area (Å²) >= 11 is 0. The smallest absolute Gasteiger partial charge is 0.122 e. The summed E-state index contributed by atoms with van der Waals surface area (Å²) in [6, 6.07) is 15.0. The van der Waals surface area contributed by atoms with Crippen LogP contribution in [0.3, 0.4) is 0 Å². The molecule has 0 spiro atoms. The Kier molecular flexibility index (Phi) is 5.12. The van der Waals surface area contributed by atoms with Gasteiger partial charge in [-0.25, -0.2) is 0 Å². The van der Waals surface area contributed by atoms with Crippen LogP contribution in [0.1, 0.15) is 37.5 Å². The number of benzene rings is 2. The summed E-state index contributed by atoms with van der Waals surface area (Å²) in [6.45, 7) is 6.72. The van der Waals surface area contributed by atoms with Crippen molar-refractivity contribution in [1.82, 2.24) is 0 Å². The maximum atomic E-state index is 5.32. The zero-order valence-electron chi connectivity index (χ0n) is 14.3. The molecule has 0 heterocycles. The number of hydrogen-bond donors (Lipinski definition) is 0. The molecule has 0 aliphatic heterocycles. The van der Waals surface area contributed by atoms with Gasteiger partial charge < -0.3 is 9.47 Å². The monoisotopic (exact) mass is 298 g/mol. The van der Waals surface area contributed by atoms with Crippen molar-refractivity contribution in [2.24, 2.45) is 0 Å². The Balaban J connectivity index is 2.06. The lowest BCUT2D eigenvalue weighted by Gasteiger charge is -2.19. The molecule has 0 N–H and O–H groups in total. The van der Waals surface area contributed by atoms with Crippen LogP contribution in [-0.4, -0.2) is 14.2 Å². The van der Waals surface area contributed by atoms with Gasteiger partial charge in [-0.1, -0.05) is 45.0 Å². The maximum absolute atomic E-state index is 5.32. The first-order valence-electron chi connectivity index (χ1n) is 7.74. The maximum Gasteiger partial charge on any atom is 0.122 e. The Bertz CT molecular complexity index is 584. The molecule has 2 heteroatoms. The molecule has 0 radical (unpaired) electrons. The van der Waals surface area contributed by atoms with Gasteiger partial charge in [-0.05, 0) is 47.1 Å². The minimum absolute atomic E-state index is 0.207. The summed E-state index contributed by atoms with van der Waals surface area (Å²) in [6.07, 6.45) is 1.99. The highest BCUT2D eigenvalue weighted by molar-refractivity contribution is 5.39. The third-order valence-electron chi connectivity index (χ3n) is 3.93. The Labute approximate surface area is 134 Å². The summed E-state index contributed by atoms with van der Waals surface area (Å²) in [7, 11) is 3.37. The zero-order valence-corrected chi connectivity index (χ0v) is 14.3. The van der Waals surface area contributed by atoms with Gasteiger partial charge >= 0.3 is 0 Å². The van der Waals surface area contributed by atoms with Gasteiger partial charge in [-0.15, -0.1) is 0 Å². The van der Waals surface area contributed by atoms with Crippen molar-refractivity contribution < 1.29 is 9.47 Å². The fraction of sp³-hybridized carbons (Fsp3) is 0.400. The molecular formula is C20H26O2. The Morgan fingerprint density at radius 3 is 1.68 bits per heavy atom. The predicted molar refractivity (Wildman–Crippen MR) is 92.1 cm³/mol. The van der Waals surface area contributed by atoms with E-state index in [2.05, 4.69) is 57.2 Å². The second kappa shape index (κ2) is 6.87. The Hall–Kier alpha value is -1.96. The summed E-state index contributed by atoms with van der Waals surface area (Å²) in [4.78, 5) is 0. The molecule has 2 aromatic carbocycles. The third kappa shape index (κ3) is 4.27. The van der Waals surface area contributed by atoms with Crippen LogP contribution >= 0.6 is 0 Å². The first kappa shape index (κ1) is 16.4. The lowest BCUT2D eigenvalue weighted by molar-refractivity contribution is 0.393. The van der Waals surface area contributed by atoms with Gasteiger partial charge in [0.15, 0.2) is 0 Å². The SMILES string of the molecule is COc1cc(CCc2ccc(C(C)(C)C)cc2)cc(OC)c1. The van der Waals surface area contributed by atoms with E-state index < -0.39 is 0 Å². The van der Waals surface area contributed by atoms with E-state index in [9.17, 15) is 0 Å². The van der Waals surface area contributed by atoms with E-state index in [1.807, 2.05) is 6.07 Å². The predicted octanol–water partition coefficient (Wildman–Crippen LogP) is 4.79. The summed E-state index contributed by atoms with van der Waals surface area (Å²) < 4.78 is 10.6. The van der Waals surface area contributed by atoms with E-state index in [0.29, 0.717) is 0 Å². The summed E-state index contributed by atoms with van der Waals surface area (Å²) in [5.41, 5.74) is 4.17. The molecule has 2 aromatic rings. The quantitative estimate of drug-likeness (QED) is 0.790. The largest absolute Gasteiger partial charge is 0.497 e. The molecule has 0 saturated carbocycles. The Morgan fingerprint density at radius 1 is 0.727 bits per heavy atom. The van der Waals surface area contributed by atoms with Crippen LogP contribution in [0.5, 0.6) is 11.5 Å². The second-order valence-electron chi connectivity index (χ2n) is 6.67. The average molecular weight is 298 g/mol. The summed E-state index contributed by atoms with van der Waals surface area (Å²) in [5.74, 6) is 1.69. The molecule has 0 aromatic heterocycles. The van der Waals surface area contributed by atoms with Gasteiger partial charge in [0.25, 0.3) is 0 Å². The van der Waals surface area contributed by atoms with E-state index in [0.717, 1.165) is 24.3 Å². The van der Waals surface area contributed by atoms with Crippen molar-refractivity contribution in [3.05, 3.63) is 59.2 Å². The standard InChI is InChI=1S/C20H26O2/c1-20(2,3)17-10-8-15(9-11-17)6-7-16-12-18(21-4)14-19(13-16)22-5/h8-14H,6-7H2,1-5H3. The van der Waals surface area contributed by atoms with Crippen molar-refractivity contribution in [2.75, 3.05) is 14.2 Å². The van der Waals surface area contributed by atoms with Crippen molar-refractivity contribution in [3.8, 4) is 11.5 Å². The van der Waals surface area contributed by atoms with Gasteiger partial charge in [0.1, 0.15) is 11.5 Å². The highest BCUT2D eigenvalue weighted by Crippen LogP contribution is 2.25. The number of ether oxygens (including phenoxy) is 2. The molecule has 22 heavy (non-hydrogen) atoms. The normalized spacial score (nSPS) is 11.3. The number of rotatable bonds is 5. The molecule has 0 aliphatic carbocycles. The topological polar surface area (TPSA) is 18.5 Å². The van der Waals surface area contributed by atoms with E-state index in [-0.39, 0.29) is 5.41 Å².